The van der Waals surface area contributed by atoms with Gasteiger partial charge in [0.05, 0.1) is 4.90 Å². The summed E-state index contributed by atoms with van der Waals surface area (Å²) < 4.78 is 32.9. The molecule has 3 saturated heterocycles. The van der Waals surface area contributed by atoms with Gasteiger partial charge in [0.1, 0.15) is 6.10 Å². The van der Waals surface area contributed by atoms with E-state index in [2.05, 4.69) is 27.5 Å². The van der Waals surface area contributed by atoms with E-state index in [4.69, 9.17) is 4.18 Å². The number of fused-ring (bicyclic) bond motifs is 3. The molecule has 150 valence electrons. The van der Waals surface area contributed by atoms with Crippen molar-refractivity contribution in [3.05, 3.63) is 63.2 Å². The van der Waals surface area contributed by atoms with Gasteiger partial charge >= 0.3 is 0 Å². The molecule has 0 aliphatic carbocycles. The van der Waals surface area contributed by atoms with Crippen molar-refractivity contribution in [3.8, 4) is 0 Å². The summed E-state index contributed by atoms with van der Waals surface area (Å²) in [5.74, 6) is 1.17. The predicted octanol–water partition coefficient (Wildman–Crippen LogP) is 4.78. The van der Waals surface area contributed by atoms with Gasteiger partial charge in [0.15, 0.2) is 0 Å². The third-order valence-corrected chi connectivity index (χ3v) is 8.16. The van der Waals surface area contributed by atoms with E-state index >= 15 is 0 Å². The summed E-state index contributed by atoms with van der Waals surface area (Å²) in [6.45, 7) is 5.36. The number of hydrogen-bond donors (Lipinski definition) is 0. The molecule has 2 atom stereocenters. The van der Waals surface area contributed by atoms with E-state index in [1.54, 1.807) is 12.1 Å². The minimum Gasteiger partial charge on any atom is -0.303 e. The number of hydrogen-bond acceptors (Lipinski definition) is 4. The summed E-state index contributed by atoms with van der Waals surface area (Å²) in [5.41, 5.74) is 1.97. The van der Waals surface area contributed by atoms with Gasteiger partial charge in [0.25, 0.3) is 10.1 Å². The first-order chi connectivity index (χ1) is 13.4. The van der Waals surface area contributed by atoms with Gasteiger partial charge in [-0.05, 0) is 104 Å². The van der Waals surface area contributed by atoms with E-state index in [1.807, 2.05) is 43.3 Å². The Morgan fingerprint density at radius 3 is 2.29 bits per heavy atom. The minimum absolute atomic E-state index is 0.225. The van der Waals surface area contributed by atoms with Crippen LogP contribution in [0.5, 0.6) is 0 Å². The van der Waals surface area contributed by atoms with E-state index in [0.717, 1.165) is 27.7 Å². The molecule has 0 spiro atoms. The molecule has 2 bridgehead atoms. The average molecular weight is 511 g/mol. The highest BCUT2D eigenvalue weighted by atomic mass is 127. The van der Waals surface area contributed by atoms with Crippen molar-refractivity contribution in [2.75, 3.05) is 19.6 Å². The quantitative estimate of drug-likeness (QED) is 0.414. The number of rotatable bonds is 6. The van der Waals surface area contributed by atoms with E-state index in [-0.39, 0.29) is 4.90 Å². The first-order valence-corrected chi connectivity index (χ1v) is 12.4. The fourth-order valence-electron chi connectivity index (χ4n) is 4.45. The Morgan fingerprint density at radius 1 is 1.07 bits per heavy atom. The molecule has 0 N–H and O–H groups in total. The zero-order chi connectivity index (χ0) is 19.7. The van der Waals surface area contributed by atoms with E-state index in [0.29, 0.717) is 11.8 Å². The molecule has 0 aromatic heterocycles. The third-order valence-electron chi connectivity index (χ3n) is 6.10. The lowest BCUT2D eigenvalue weighted by Gasteiger charge is -2.45. The smallest absolute Gasteiger partial charge is 0.297 e. The minimum atomic E-state index is -3.81. The van der Waals surface area contributed by atoms with E-state index in [9.17, 15) is 8.42 Å². The van der Waals surface area contributed by atoms with Gasteiger partial charge in [-0.2, -0.15) is 8.42 Å². The highest BCUT2D eigenvalue weighted by Gasteiger charge is 2.37. The highest BCUT2D eigenvalue weighted by molar-refractivity contribution is 14.1. The molecule has 4 nitrogen and oxygen atoms in total. The monoisotopic (exact) mass is 511 g/mol. The first kappa shape index (κ1) is 20.3. The largest absolute Gasteiger partial charge is 0.303 e. The molecule has 28 heavy (non-hydrogen) atoms. The van der Waals surface area contributed by atoms with Crippen LogP contribution in [0.4, 0.5) is 0 Å². The normalized spacial score (nSPS) is 25.6. The van der Waals surface area contributed by atoms with Crippen LogP contribution in [0.1, 0.15) is 36.5 Å². The molecule has 3 fully saturated rings. The third kappa shape index (κ3) is 4.61. The molecule has 0 saturated carbocycles. The molecule has 3 aliphatic heterocycles. The maximum Gasteiger partial charge on any atom is 0.297 e. The molecule has 2 aromatic carbocycles. The van der Waals surface area contributed by atoms with Gasteiger partial charge < -0.3 is 4.90 Å². The maximum atomic E-state index is 13.0. The molecule has 3 aliphatic rings. The van der Waals surface area contributed by atoms with Crippen molar-refractivity contribution in [3.63, 3.8) is 0 Å². The van der Waals surface area contributed by atoms with Gasteiger partial charge in [-0.3, -0.25) is 4.18 Å². The van der Waals surface area contributed by atoms with Crippen molar-refractivity contribution >= 4 is 32.7 Å². The van der Waals surface area contributed by atoms with Crippen molar-refractivity contribution in [1.29, 1.82) is 0 Å². The van der Waals surface area contributed by atoms with Crippen LogP contribution < -0.4 is 0 Å². The molecule has 5 rings (SSSR count). The Labute approximate surface area is 181 Å². The zero-order valence-corrected chi connectivity index (χ0v) is 19.0. The van der Waals surface area contributed by atoms with E-state index in [1.165, 1.54) is 25.9 Å². The number of halogens is 1. The summed E-state index contributed by atoms with van der Waals surface area (Å²) in [6.07, 6.45) is 2.73. The van der Waals surface area contributed by atoms with Crippen LogP contribution in [0.3, 0.4) is 0 Å². The Bertz CT molecular complexity index is 904. The maximum absolute atomic E-state index is 13.0. The first-order valence-electron chi connectivity index (χ1n) is 9.88. The number of benzene rings is 2. The van der Waals surface area contributed by atoms with Gasteiger partial charge in [0, 0.05) is 10.1 Å². The molecule has 3 heterocycles. The molecule has 0 amide bonds. The van der Waals surface area contributed by atoms with Crippen molar-refractivity contribution < 1.29 is 12.6 Å². The lowest BCUT2D eigenvalue weighted by atomic mass is 9.76. The summed E-state index contributed by atoms with van der Waals surface area (Å²) in [5, 5.41) is 0. The summed E-state index contributed by atoms with van der Waals surface area (Å²) >= 11 is 2.27. The van der Waals surface area contributed by atoms with Crippen LogP contribution >= 0.6 is 22.6 Å². The van der Waals surface area contributed by atoms with Crippen LogP contribution in [0.15, 0.2) is 53.4 Å². The molecule has 6 heteroatoms. The number of nitrogens with zero attached hydrogens (tertiary/aromatic N) is 1. The number of aryl methyl sites for hydroxylation is 1. The average Bonchev–Trinajstić information content (AvgIpc) is 2.69. The molecular formula is C22H26INO3S. The zero-order valence-electron chi connectivity index (χ0n) is 16.1. The summed E-state index contributed by atoms with van der Waals surface area (Å²) in [6, 6.07) is 14.9. The van der Waals surface area contributed by atoms with Crippen LogP contribution in [-0.4, -0.2) is 33.0 Å². The Kier molecular flexibility index (Phi) is 6.11. The molecule has 2 aromatic rings. The topological polar surface area (TPSA) is 46.6 Å². The summed E-state index contributed by atoms with van der Waals surface area (Å²) in [7, 11) is -3.81. The second-order valence-corrected chi connectivity index (χ2v) is 10.9. The highest BCUT2D eigenvalue weighted by Crippen LogP contribution is 2.39. The lowest BCUT2D eigenvalue weighted by molar-refractivity contribution is 0.0254. The lowest BCUT2D eigenvalue weighted by Crippen LogP contribution is -2.47. The fourth-order valence-corrected chi connectivity index (χ4v) is 5.89. The molecular weight excluding hydrogens is 485 g/mol. The number of piperidine rings is 3. The Balaban J connectivity index is 1.59. The van der Waals surface area contributed by atoms with E-state index < -0.39 is 16.2 Å². The predicted molar refractivity (Wildman–Crippen MR) is 119 cm³/mol. The van der Waals surface area contributed by atoms with Crippen LogP contribution in [0.25, 0.3) is 0 Å². The summed E-state index contributed by atoms with van der Waals surface area (Å²) in [4.78, 5) is 2.73. The molecule has 1 unspecified atom stereocenters. The van der Waals surface area contributed by atoms with Gasteiger partial charge in [-0.25, -0.2) is 0 Å². The van der Waals surface area contributed by atoms with Gasteiger partial charge in [0.2, 0.25) is 0 Å². The Hall–Kier alpha value is -0.960. The Morgan fingerprint density at radius 2 is 1.71 bits per heavy atom. The molecule has 0 radical (unpaired) electrons. The standard InChI is InChI=1S/C22H26INO3S/c1-16-2-8-21(9-3-16)28(25,26)27-22(18-4-6-20(23)7-5-18)14-19-15-24-12-10-17(19)11-13-24/h2-9,17,19,22H,10-15H2,1H3/t19?,22-/m1/s1. The van der Waals surface area contributed by atoms with Crippen LogP contribution in [0.2, 0.25) is 0 Å². The van der Waals surface area contributed by atoms with Crippen LogP contribution in [-0.2, 0) is 14.3 Å². The second kappa shape index (κ2) is 8.42. The van der Waals surface area contributed by atoms with Gasteiger partial charge in [-0.15, -0.1) is 0 Å². The van der Waals surface area contributed by atoms with Crippen LogP contribution in [0, 0.1) is 22.3 Å². The van der Waals surface area contributed by atoms with Crippen molar-refractivity contribution in [1.82, 2.24) is 4.90 Å². The van der Waals surface area contributed by atoms with Gasteiger partial charge in [-0.1, -0.05) is 29.8 Å². The van der Waals surface area contributed by atoms with Crippen molar-refractivity contribution in [2.24, 2.45) is 11.8 Å². The fraction of sp³-hybridized carbons (Fsp3) is 0.455. The second-order valence-electron chi connectivity index (χ2n) is 8.04. The van der Waals surface area contributed by atoms with Crippen molar-refractivity contribution in [2.45, 2.75) is 37.2 Å². The SMILES string of the molecule is Cc1ccc(S(=O)(=O)O[C@H](CC2CN3CCC2CC3)c2ccc(I)cc2)cc1.